The van der Waals surface area contributed by atoms with Gasteiger partial charge in [0.2, 0.25) is 5.88 Å². The van der Waals surface area contributed by atoms with Gasteiger partial charge in [-0.3, -0.25) is 9.67 Å². The van der Waals surface area contributed by atoms with Crippen LogP contribution in [0, 0.1) is 17.5 Å². The van der Waals surface area contributed by atoms with Crippen molar-refractivity contribution in [1.29, 1.82) is 0 Å². The normalized spacial score (nSPS) is 15.9. The van der Waals surface area contributed by atoms with E-state index in [1.807, 2.05) is 4.57 Å². The van der Waals surface area contributed by atoms with E-state index in [0.29, 0.717) is 54.5 Å². The van der Waals surface area contributed by atoms with Gasteiger partial charge in [0.05, 0.1) is 66.1 Å². The molecule has 6 aromatic rings. The van der Waals surface area contributed by atoms with Crippen molar-refractivity contribution < 1.29 is 37.3 Å². The zero-order chi connectivity index (χ0) is 34.4. The van der Waals surface area contributed by atoms with Crippen LogP contribution in [0.2, 0.25) is 0 Å². The molecule has 0 amide bonds. The fourth-order valence-corrected chi connectivity index (χ4v) is 5.93. The molecule has 0 aliphatic carbocycles. The monoisotopic (exact) mass is 682 g/mol. The third kappa shape index (κ3) is 6.18. The number of ether oxygens (including phenoxy) is 3. The van der Waals surface area contributed by atoms with Crippen LogP contribution < -0.4 is 4.74 Å². The van der Waals surface area contributed by atoms with Gasteiger partial charge in [0.15, 0.2) is 0 Å². The van der Waals surface area contributed by atoms with E-state index in [4.69, 9.17) is 14.2 Å². The van der Waals surface area contributed by atoms with Gasteiger partial charge in [-0.15, -0.1) is 0 Å². The molecule has 0 bridgehead atoms. The molecule has 14 heteroatoms. The van der Waals surface area contributed by atoms with Crippen molar-refractivity contribution in [3.8, 4) is 28.4 Å². The quantitative estimate of drug-likeness (QED) is 0.175. The van der Waals surface area contributed by atoms with E-state index in [1.54, 1.807) is 29.2 Å². The Morgan fingerprint density at radius 1 is 0.960 bits per heavy atom. The number of rotatable bonds is 11. The molecular formula is C36H29F3N6O5. The smallest absolute Gasteiger partial charge is 0.335 e. The summed E-state index contributed by atoms with van der Waals surface area (Å²) in [5.41, 5.74) is 2.63. The highest BCUT2D eigenvalue weighted by atomic mass is 19.1. The number of nitrogens with zero attached hydrogens (tertiary/aromatic N) is 6. The summed E-state index contributed by atoms with van der Waals surface area (Å²) in [6.07, 6.45) is 5.51. The van der Waals surface area contributed by atoms with Gasteiger partial charge in [0, 0.05) is 54.2 Å². The highest BCUT2D eigenvalue weighted by Gasteiger charge is 2.24. The fraction of sp³-hybridized carbons (Fsp3) is 0.250. The van der Waals surface area contributed by atoms with Crippen LogP contribution >= 0.6 is 0 Å². The summed E-state index contributed by atoms with van der Waals surface area (Å²) in [7, 11) is 0. The summed E-state index contributed by atoms with van der Waals surface area (Å²) in [6, 6.07) is 12.9. The number of hydrogen-bond donors (Lipinski definition) is 1. The molecule has 2 aliphatic rings. The number of carbonyl (C=O) groups is 1. The Bertz CT molecular complexity index is 2250. The Kier molecular flexibility index (Phi) is 8.25. The lowest BCUT2D eigenvalue weighted by molar-refractivity contribution is -0.0589. The van der Waals surface area contributed by atoms with Gasteiger partial charge in [-0.05, 0) is 48.4 Å². The predicted molar refractivity (Wildman–Crippen MR) is 173 cm³/mol. The first kappa shape index (κ1) is 31.7. The lowest BCUT2D eigenvalue weighted by atomic mass is 10.0. The number of pyridine rings is 2. The molecule has 4 aromatic heterocycles. The van der Waals surface area contributed by atoms with E-state index in [2.05, 4.69) is 20.1 Å². The van der Waals surface area contributed by atoms with Crippen LogP contribution in [0.5, 0.6) is 5.88 Å². The average Bonchev–Trinajstić information content (AvgIpc) is 3.67. The van der Waals surface area contributed by atoms with Crippen molar-refractivity contribution in [2.75, 3.05) is 19.8 Å². The Labute approximate surface area is 282 Å². The first-order chi connectivity index (χ1) is 24.3. The third-order valence-electron chi connectivity index (χ3n) is 8.94. The van der Waals surface area contributed by atoms with Gasteiger partial charge in [-0.1, -0.05) is 6.07 Å². The number of halogens is 3. The van der Waals surface area contributed by atoms with Gasteiger partial charge < -0.3 is 23.9 Å². The Morgan fingerprint density at radius 3 is 2.54 bits per heavy atom. The summed E-state index contributed by atoms with van der Waals surface area (Å²) in [6.45, 7) is 2.01. The molecule has 2 aliphatic heterocycles. The first-order valence-electron chi connectivity index (χ1n) is 16.0. The summed E-state index contributed by atoms with van der Waals surface area (Å²) in [5.74, 6) is -2.43. The molecule has 8 rings (SSSR count). The Morgan fingerprint density at radius 2 is 1.80 bits per heavy atom. The molecule has 0 unspecified atom stereocenters. The molecule has 2 aromatic carbocycles. The number of aromatic carboxylic acids is 1. The number of fused-ring (bicyclic) bond motifs is 1. The van der Waals surface area contributed by atoms with Gasteiger partial charge in [-0.2, -0.15) is 5.10 Å². The molecule has 1 atom stereocenters. The second-order valence-electron chi connectivity index (χ2n) is 12.2. The number of hydrogen-bond acceptors (Lipinski definition) is 8. The molecule has 254 valence electrons. The standard InChI is InChI=1S/C36H29F3N6O5/c37-27-11-26(29(39)8-21(27)10-34-42-31-5-4-20(36(46)47)9-33(31)44(34)16-25-6-7-49-25)30-2-1-3-35(43-30)50-17-23-13-40-32(12-28(23)38)22-14-41-45(15-22)24-18-48-19-24/h1-5,8-9,11-15,24-25H,6-7,10,16-19H2,(H,46,47)/t25-/m0/s1. The summed E-state index contributed by atoms with van der Waals surface area (Å²) in [4.78, 5) is 24.9. The van der Waals surface area contributed by atoms with Gasteiger partial charge in [0.1, 0.15) is 29.9 Å². The van der Waals surface area contributed by atoms with Crippen LogP contribution in [0.1, 0.15) is 39.8 Å². The zero-order valence-electron chi connectivity index (χ0n) is 26.4. The predicted octanol–water partition coefficient (Wildman–Crippen LogP) is 6.00. The maximum Gasteiger partial charge on any atom is 0.335 e. The Hall–Kier alpha value is -5.60. The molecule has 0 radical (unpaired) electrons. The number of aromatic nitrogens is 6. The van der Waals surface area contributed by atoms with Crippen LogP contribution in [-0.4, -0.2) is 66.3 Å². The maximum absolute atomic E-state index is 15.6. The largest absolute Gasteiger partial charge is 0.478 e. The van der Waals surface area contributed by atoms with E-state index in [1.165, 1.54) is 36.5 Å². The van der Waals surface area contributed by atoms with Crippen LogP contribution in [0.3, 0.4) is 0 Å². The number of benzene rings is 2. The Balaban J connectivity index is 0.991. The average molecular weight is 683 g/mol. The fourth-order valence-electron chi connectivity index (χ4n) is 5.93. The van der Waals surface area contributed by atoms with Gasteiger partial charge in [0.25, 0.3) is 0 Å². The van der Waals surface area contributed by atoms with Crippen molar-refractivity contribution in [2.24, 2.45) is 0 Å². The SMILES string of the molecule is O=C(O)c1ccc2nc(Cc3cc(F)c(-c4cccc(OCc5cnc(-c6cnn(C7COC7)c6)cc5F)n4)cc3F)n(C[C@@H]3CCO3)c2c1. The van der Waals surface area contributed by atoms with Crippen molar-refractivity contribution in [3.63, 3.8) is 0 Å². The summed E-state index contributed by atoms with van der Waals surface area (Å²) >= 11 is 0. The minimum Gasteiger partial charge on any atom is -0.478 e. The second kappa shape index (κ2) is 13.0. The van der Waals surface area contributed by atoms with E-state index >= 15 is 13.2 Å². The van der Waals surface area contributed by atoms with Crippen LogP contribution in [0.15, 0.2) is 73.2 Å². The van der Waals surface area contributed by atoms with Crippen molar-refractivity contribution in [2.45, 2.75) is 38.1 Å². The van der Waals surface area contributed by atoms with E-state index in [0.717, 1.165) is 18.6 Å². The lowest BCUT2D eigenvalue weighted by Gasteiger charge is -2.27. The van der Waals surface area contributed by atoms with Gasteiger partial charge in [-0.25, -0.2) is 27.9 Å². The van der Waals surface area contributed by atoms with Crippen molar-refractivity contribution in [3.05, 3.63) is 113 Å². The summed E-state index contributed by atoms with van der Waals surface area (Å²) in [5, 5.41) is 13.8. The first-order valence-corrected chi connectivity index (χ1v) is 16.0. The molecule has 1 N–H and O–H groups in total. The van der Waals surface area contributed by atoms with E-state index in [-0.39, 0.29) is 59.0 Å². The molecule has 6 heterocycles. The molecule has 50 heavy (non-hydrogen) atoms. The highest BCUT2D eigenvalue weighted by Crippen LogP contribution is 2.30. The third-order valence-corrected chi connectivity index (χ3v) is 8.94. The van der Waals surface area contributed by atoms with E-state index < -0.39 is 23.4 Å². The highest BCUT2D eigenvalue weighted by molar-refractivity contribution is 5.92. The van der Waals surface area contributed by atoms with Crippen LogP contribution in [0.25, 0.3) is 33.5 Å². The number of carboxylic acids is 1. The van der Waals surface area contributed by atoms with Crippen molar-refractivity contribution in [1.82, 2.24) is 29.3 Å². The number of carboxylic acid groups (broad SMARTS) is 1. The van der Waals surface area contributed by atoms with Crippen LogP contribution in [-0.2, 0) is 29.0 Å². The maximum atomic E-state index is 15.6. The number of imidazole rings is 1. The lowest BCUT2D eigenvalue weighted by Crippen LogP contribution is -2.31. The topological polar surface area (TPSA) is 126 Å². The van der Waals surface area contributed by atoms with Crippen molar-refractivity contribution >= 4 is 17.0 Å². The summed E-state index contributed by atoms with van der Waals surface area (Å²) < 4.78 is 66.3. The zero-order valence-corrected chi connectivity index (χ0v) is 26.4. The molecule has 2 fully saturated rings. The molecular weight excluding hydrogens is 653 g/mol. The minimum absolute atomic E-state index is 0.0420. The molecule has 0 spiro atoms. The van der Waals surface area contributed by atoms with Crippen LogP contribution in [0.4, 0.5) is 13.2 Å². The van der Waals surface area contributed by atoms with E-state index in [9.17, 15) is 9.90 Å². The molecule has 11 nitrogen and oxygen atoms in total. The molecule has 2 saturated heterocycles. The van der Waals surface area contributed by atoms with Gasteiger partial charge >= 0.3 is 5.97 Å². The molecule has 0 saturated carbocycles. The minimum atomic E-state index is -1.08. The second-order valence-corrected chi connectivity index (χ2v) is 12.2.